The van der Waals surface area contributed by atoms with Crippen molar-refractivity contribution in [3.05, 3.63) is 52.5 Å². The van der Waals surface area contributed by atoms with E-state index in [1.807, 2.05) is 32.0 Å². The van der Waals surface area contributed by atoms with E-state index in [1.54, 1.807) is 6.07 Å². The smallest absolute Gasteiger partial charge is 0.258 e. The van der Waals surface area contributed by atoms with E-state index in [0.717, 1.165) is 24.1 Å². The Morgan fingerprint density at radius 3 is 2.89 bits per heavy atom. The molecule has 0 fully saturated rings. The maximum atomic E-state index is 6.34. The first kappa shape index (κ1) is 18.0. The van der Waals surface area contributed by atoms with Gasteiger partial charge in [0.1, 0.15) is 5.75 Å². The summed E-state index contributed by atoms with van der Waals surface area (Å²) in [6.45, 7) is 7.05. The average Bonchev–Trinajstić information content (AvgIpc) is 3.13. The molecule has 0 bridgehead atoms. The number of halogens is 1. The van der Waals surface area contributed by atoms with E-state index < -0.39 is 0 Å². The summed E-state index contributed by atoms with van der Waals surface area (Å²) in [6.07, 6.45) is 1.01. The van der Waals surface area contributed by atoms with Crippen molar-refractivity contribution in [1.82, 2.24) is 15.5 Å². The molecule has 1 N–H and O–H groups in total. The Hall–Kier alpha value is -2.37. The summed E-state index contributed by atoms with van der Waals surface area (Å²) in [5.41, 5.74) is 4.38. The molecule has 0 spiro atoms. The third-order valence-electron chi connectivity index (χ3n) is 4.71. The molecule has 6 heteroatoms. The Morgan fingerprint density at radius 2 is 2.11 bits per heavy atom. The van der Waals surface area contributed by atoms with Crippen molar-refractivity contribution in [3.8, 4) is 28.6 Å². The van der Waals surface area contributed by atoms with E-state index in [1.165, 1.54) is 11.1 Å². The van der Waals surface area contributed by atoms with Gasteiger partial charge in [0.05, 0.1) is 11.1 Å². The van der Waals surface area contributed by atoms with E-state index in [4.69, 9.17) is 20.9 Å². The fraction of sp³-hybridized carbons (Fsp3) is 0.333. The molecule has 0 amide bonds. The number of nitrogens with one attached hydrogen (secondary N) is 1. The number of fused-ring (bicyclic) bond motifs is 1. The van der Waals surface area contributed by atoms with Gasteiger partial charge in [-0.2, -0.15) is 4.98 Å². The molecule has 2 heterocycles. The molecular weight excluding hydrogens is 362 g/mol. The molecule has 140 valence electrons. The summed E-state index contributed by atoms with van der Waals surface area (Å²) in [7, 11) is 0. The van der Waals surface area contributed by atoms with Gasteiger partial charge in [-0.05, 0) is 63.1 Å². The zero-order valence-corrected chi connectivity index (χ0v) is 16.4. The number of benzene rings is 2. The van der Waals surface area contributed by atoms with Gasteiger partial charge < -0.3 is 14.6 Å². The molecule has 1 aromatic heterocycles. The van der Waals surface area contributed by atoms with Gasteiger partial charge in [-0.1, -0.05) is 35.0 Å². The van der Waals surface area contributed by atoms with Gasteiger partial charge >= 0.3 is 0 Å². The van der Waals surface area contributed by atoms with Gasteiger partial charge in [-0.25, -0.2) is 0 Å². The number of aromatic nitrogens is 2. The second-order valence-electron chi connectivity index (χ2n) is 7.03. The van der Waals surface area contributed by atoms with Crippen molar-refractivity contribution in [3.63, 3.8) is 0 Å². The molecule has 1 aliphatic rings. The van der Waals surface area contributed by atoms with Crippen LogP contribution in [0.2, 0.25) is 5.02 Å². The minimum Gasteiger partial charge on any atom is -0.489 e. The molecule has 1 atom stereocenters. The third-order valence-corrected chi connectivity index (χ3v) is 5.01. The molecule has 5 nitrogen and oxygen atoms in total. The minimum absolute atomic E-state index is 0.0597. The van der Waals surface area contributed by atoms with Gasteiger partial charge in [0, 0.05) is 17.2 Å². The van der Waals surface area contributed by atoms with Crippen LogP contribution in [-0.4, -0.2) is 22.8 Å². The molecule has 27 heavy (non-hydrogen) atoms. The lowest BCUT2D eigenvalue weighted by atomic mass is 9.91. The first-order valence-electron chi connectivity index (χ1n) is 9.18. The van der Waals surface area contributed by atoms with Crippen LogP contribution in [0, 0.1) is 0 Å². The zero-order valence-electron chi connectivity index (χ0n) is 15.6. The molecule has 0 saturated heterocycles. The molecule has 0 aliphatic carbocycles. The highest BCUT2D eigenvalue weighted by Gasteiger charge is 2.21. The topological polar surface area (TPSA) is 60.2 Å². The standard InChI is InChI=1S/C21H22ClN3O2/c1-12(2)26-19-8-7-14(11-18(19)22)21-24-20(25-27-21)17-6-4-5-15-13(3)23-10-9-16(15)17/h4-8,11-13,23H,9-10H2,1-3H3. The summed E-state index contributed by atoms with van der Waals surface area (Å²) in [5, 5.41) is 8.22. The van der Waals surface area contributed by atoms with Crippen LogP contribution >= 0.6 is 11.6 Å². The van der Waals surface area contributed by atoms with Crippen molar-refractivity contribution in [1.29, 1.82) is 0 Å². The first-order chi connectivity index (χ1) is 13.0. The minimum atomic E-state index is 0.0597. The molecule has 2 aromatic carbocycles. The van der Waals surface area contributed by atoms with E-state index in [0.29, 0.717) is 28.5 Å². The van der Waals surface area contributed by atoms with Crippen molar-refractivity contribution >= 4 is 11.6 Å². The first-order valence-corrected chi connectivity index (χ1v) is 9.56. The summed E-state index contributed by atoms with van der Waals surface area (Å²) in [6, 6.07) is 12.1. The Bertz CT molecular complexity index is 968. The molecule has 1 aliphatic heterocycles. The van der Waals surface area contributed by atoms with Crippen LogP contribution in [0.15, 0.2) is 40.9 Å². The summed E-state index contributed by atoms with van der Waals surface area (Å²) < 4.78 is 11.2. The fourth-order valence-electron chi connectivity index (χ4n) is 3.46. The molecule has 0 radical (unpaired) electrons. The lowest BCUT2D eigenvalue weighted by Gasteiger charge is -2.25. The highest BCUT2D eigenvalue weighted by atomic mass is 35.5. The van der Waals surface area contributed by atoms with Crippen LogP contribution in [0.3, 0.4) is 0 Å². The van der Waals surface area contributed by atoms with E-state index in [-0.39, 0.29) is 6.10 Å². The van der Waals surface area contributed by atoms with Crippen LogP contribution in [0.5, 0.6) is 5.75 Å². The largest absolute Gasteiger partial charge is 0.489 e. The van der Waals surface area contributed by atoms with Crippen molar-refractivity contribution in [2.24, 2.45) is 0 Å². The van der Waals surface area contributed by atoms with Crippen molar-refractivity contribution in [2.45, 2.75) is 39.3 Å². The average molecular weight is 384 g/mol. The summed E-state index contributed by atoms with van der Waals surface area (Å²) in [4.78, 5) is 4.62. The summed E-state index contributed by atoms with van der Waals surface area (Å²) in [5.74, 6) is 1.70. The molecule has 4 rings (SSSR count). The Balaban J connectivity index is 1.67. The Labute approximate surface area is 163 Å². The molecule has 1 unspecified atom stereocenters. The van der Waals surface area contributed by atoms with Gasteiger partial charge in [-0.15, -0.1) is 0 Å². The van der Waals surface area contributed by atoms with Crippen LogP contribution in [0.4, 0.5) is 0 Å². The lowest BCUT2D eigenvalue weighted by Crippen LogP contribution is -2.28. The monoisotopic (exact) mass is 383 g/mol. The van der Waals surface area contributed by atoms with Crippen molar-refractivity contribution in [2.75, 3.05) is 6.54 Å². The van der Waals surface area contributed by atoms with Crippen LogP contribution in [0.25, 0.3) is 22.8 Å². The molecule has 3 aromatic rings. The van der Waals surface area contributed by atoms with Crippen LogP contribution in [0.1, 0.15) is 37.9 Å². The van der Waals surface area contributed by atoms with E-state index in [2.05, 4.69) is 34.5 Å². The van der Waals surface area contributed by atoms with Gasteiger partial charge in [-0.3, -0.25) is 0 Å². The maximum Gasteiger partial charge on any atom is 0.258 e. The second-order valence-corrected chi connectivity index (χ2v) is 7.44. The van der Waals surface area contributed by atoms with Crippen molar-refractivity contribution < 1.29 is 9.26 Å². The number of hydrogen-bond acceptors (Lipinski definition) is 5. The fourth-order valence-corrected chi connectivity index (χ4v) is 3.68. The Kier molecular flexibility index (Phi) is 4.89. The molecular formula is C21H22ClN3O2. The molecule has 0 saturated carbocycles. The predicted octanol–water partition coefficient (Wildman–Crippen LogP) is 5.05. The number of hydrogen-bond donors (Lipinski definition) is 1. The highest BCUT2D eigenvalue weighted by molar-refractivity contribution is 6.32. The quantitative estimate of drug-likeness (QED) is 0.683. The zero-order chi connectivity index (χ0) is 19.0. The van der Waals surface area contributed by atoms with Crippen LogP contribution in [-0.2, 0) is 6.42 Å². The summed E-state index contributed by atoms with van der Waals surface area (Å²) >= 11 is 6.34. The normalized spacial score (nSPS) is 16.4. The SMILES string of the molecule is CC(C)Oc1ccc(-c2nc(-c3cccc4c3CCNC4C)no2)cc1Cl. The van der Waals surface area contributed by atoms with Crippen LogP contribution < -0.4 is 10.1 Å². The lowest BCUT2D eigenvalue weighted by molar-refractivity contribution is 0.242. The predicted molar refractivity (Wildman–Crippen MR) is 106 cm³/mol. The number of nitrogens with zero attached hydrogens (tertiary/aromatic N) is 2. The number of rotatable bonds is 4. The van der Waals surface area contributed by atoms with E-state index in [9.17, 15) is 0 Å². The maximum absolute atomic E-state index is 6.34. The van der Waals surface area contributed by atoms with Gasteiger partial charge in [0.25, 0.3) is 5.89 Å². The van der Waals surface area contributed by atoms with E-state index >= 15 is 0 Å². The van der Waals surface area contributed by atoms with Gasteiger partial charge in [0.2, 0.25) is 5.82 Å². The number of ether oxygens (including phenoxy) is 1. The highest BCUT2D eigenvalue weighted by Crippen LogP contribution is 2.34. The Morgan fingerprint density at radius 1 is 1.26 bits per heavy atom. The van der Waals surface area contributed by atoms with Gasteiger partial charge in [0.15, 0.2) is 0 Å². The third kappa shape index (κ3) is 3.57. The second kappa shape index (κ2) is 7.33.